The van der Waals surface area contributed by atoms with Crippen molar-refractivity contribution in [2.24, 2.45) is 5.84 Å². The molecule has 6 N–H and O–H groups in total. The van der Waals surface area contributed by atoms with Crippen LogP contribution in [0.3, 0.4) is 0 Å². The maximum atomic E-state index is 12.0. The van der Waals surface area contributed by atoms with E-state index in [1.807, 2.05) is 0 Å². The summed E-state index contributed by atoms with van der Waals surface area (Å²) in [5, 5.41) is 0. The number of hydrogen-bond donors (Lipinski definition) is 3. The van der Waals surface area contributed by atoms with E-state index in [1.54, 1.807) is 12.1 Å². The maximum absolute atomic E-state index is 12.0. The first-order valence-corrected chi connectivity index (χ1v) is 3.81. The van der Waals surface area contributed by atoms with Crippen LogP contribution in [-0.4, -0.2) is 0 Å². The Morgan fingerprint density at radius 1 is 1.33 bits per heavy atom. The lowest BCUT2D eigenvalue weighted by molar-refractivity contribution is 0.921. The van der Waals surface area contributed by atoms with Crippen molar-refractivity contribution in [3.05, 3.63) is 18.2 Å². The van der Waals surface area contributed by atoms with Gasteiger partial charge in [0.05, 0.1) is 11.4 Å². The van der Waals surface area contributed by atoms with Crippen molar-refractivity contribution in [2.45, 2.75) is 0 Å². The SMILES string of the molecule is Nc1ccc(N(N)SF)c(N)c1. The number of nitrogens with zero attached hydrogens (tertiary/aromatic N) is 1. The van der Waals surface area contributed by atoms with E-state index in [0.717, 1.165) is 4.41 Å². The second-order valence-corrected chi connectivity index (χ2v) is 2.74. The highest BCUT2D eigenvalue weighted by atomic mass is 32.2. The minimum atomic E-state index is -0.112. The van der Waals surface area contributed by atoms with Crippen molar-refractivity contribution in [3.8, 4) is 0 Å². The molecule has 0 amide bonds. The molecule has 1 aromatic carbocycles. The number of nitrogen functional groups attached to an aromatic ring is 2. The molecular formula is C6H9FN4S. The summed E-state index contributed by atoms with van der Waals surface area (Å²) in [5.41, 5.74) is 12.2. The van der Waals surface area contributed by atoms with Crippen LogP contribution in [0.5, 0.6) is 0 Å². The molecule has 0 fully saturated rings. The lowest BCUT2D eigenvalue weighted by Crippen LogP contribution is -2.22. The van der Waals surface area contributed by atoms with E-state index < -0.39 is 0 Å². The van der Waals surface area contributed by atoms with Crippen molar-refractivity contribution in [2.75, 3.05) is 15.9 Å². The Hall–Kier alpha value is -1.14. The summed E-state index contributed by atoms with van der Waals surface area (Å²) >= 11 is -0.112. The van der Waals surface area contributed by atoms with Crippen LogP contribution in [0.15, 0.2) is 18.2 Å². The second kappa shape index (κ2) is 3.51. The van der Waals surface area contributed by atoms with Crippen LogP contribution in [0.4, 0.5) is 20.9 Å². The van der Waals surface area contributed by atoms with E-state index >= 15 is 0 Å². The Bertz CT molecular complexity index is 280. The highest BCUT2D eigenvalue weighted by Crippen LogP contribution is 2.27. The van der Waals surface area contributed by atoms with Gasteiger partial charge in [-0.3, -0.25) is 0 Å². The first-order valence-electron chi connectivity index (χ1n) is 3.13. The third-order valence-electron chi connectivity index (χ3n) is 1.36. The second-order valence-electron chi connectivity index (χ2n) is 2.21. The maximum Gasteiger partial charge on any atom is 0.181 e. The first-order chi connectivity index (χ1) is 5.65. The molecule has 0 aliphatic carbocycles. The number of anilines is 3. The minimum Gasteiger partial charge on any atom is -0.399 e. The van der Waals surface area contributed by atoms with Crippen molar-refractivity contribution >= 4 is 29.4 Å². The van der Waals surface area contributed by atoms with E-state index in [1.165, 1.54) is 6.07 Å². The van der Waals surface area contributed by atoms with E-state index in [-0.39, 0.29) is 12.3 Å². The van der Waals surface area contributed by atoms with Crippen LogP contribution in [-0.2, 0) is 0 Å². The highest BCUT2D eigenvalue weighted by molar-refractivity contribution is 7.95. The fourth-order valence-corrected chi connectivity index (χ4v) is 1.05. The molecule has 0 radical (unpaired) electrons. The van der Waals surface area contributed by atoms with Crippen LogP contribution in [0.25, 0.3) is 0 Å². The minimum absolute atomic E-state index is 0.112. The molecule has 4 nitrogen and oxygen atoms in total. The summed E-state index contributed by atoms with van der Waals surface area (Å²) in [6.45, 7) is 0. The molecule has 0 aliphatic heterocycles. The van der Waals surface area contributed by atoms with E-state index in [4.69, 9.17) is 17.3 Å². The summed E-state index contributed by atoms with van der Waals surface area (Å²) in [4.78, 5) is 0. The molecule has 0 unspecified atom stereocenters. The van der Waals surface area contributed by atoms with Crippen LogP contribution in [0, 0.1) is 0 Å². The summed E-state index contributed by atoms with van der Waals surface area (Å²) in [6.07, 6.45) is 0. The molecule has 0 atom stereocenters. The lowest BCUT2D eigenvalue weighted by atomic mass is 10.2. The molecule has 0 aliphatic rings. The molecule has 0 bridgehead atoms. The predicted octanol–water partition coefficient (Wildman–Crippen LogP) is 1.06. The van der Waals surface area contributed by atoms with E-state index in [2.05, 4.69) is 0 Å². The van der Waals surface area contributed by atoms with Crippen molar-refractivity contribution < 1.29 is 3.89 Å². The molecule has 0 heterocycles. The molecule has 1 aromatic rings. The van der Waals surface area contributed by atoms with Gasteiger partial charge in [0.1, 0.15) is 0 Å². The topological polar surface area (TPSA) is 81.3 Å². The van der Waals surface area contributed by atoms with Gasteiger partial charge in [-0.2, -0.15) is 0 Å². The van der Waals surface area contributed by atoms with Crippen molar-refractivity contribution in [1.82, 2.24) is 0 Å². The predicted molar refractivity (Wildman–Crippen MR) is 50.6 cm³/mol. The fraction of sp³-hybridized carbons (Fsp3) is 0. The standard InChI is InChI=1S/C6H9FN4S/c7-12-11(10)6-2-1-4(8)3-5(6)9/h1-3H,8-10H2. The smallest absolute Gasteiger partial charge is 0.181 e. The number of benzene rings is 1. The van der Waals surface area contributed by atoms with Gasteiger partial charge in [-0.1, -0.05) is 0 Å². The molecule has 66 valence electrons. The quantitative estimate of drug-likeness (QED) is 0.280. The third kappa shape index (κ3) is 1.72. The zero-order chi connectivity index (χ0) is 9.14. The molecule has 0 aromatic heterocycles. The van der Waals surface area contributed by atoms with Crippen LogP contribution in [0.1, 0.15) is 0 Å². The molecule has 12 heavy (non-hydrogen) atoms. The average Bonchev–Trinajstić information content (AvgIpc) is 2.03. The zero-order valence-electron chi connectivity index (χ0n) is 6.20. The summed E-state index contributed by atoms with van der Waals surface area (Å²) in [7, 11) is 0. The van der Waals surface area contributed by atoms with Gasteiger partial charge in [-0.25, -0.2) is 10.3 Å². The summed E-state index contributed by atoms with van der Waals surface area (Å²) in [6, 6.07) is 4.67. The molecular weight excluding hydrogens is 179 g/mol. The summed E-state index contributed by atoms with van der Waals surface area (Å²) < 4.78 is 12.8. The number of nitrogens with two attached hydrogens (primary N) is 3. The zero-order valence-corrected chi connectivity index (χ0v) is 7.01. The van der Waals surface area contributed by atoms with Gasteiger partial charge >= 0.3 is 0 Å². The van der Waals surface area contributed by atoms with Gasteiger partial charge in [0.15, 0.2) is 12.3 Å². The Morgan fingerprint density at radius 3 is 2.50 bits per heavy atom. The molecule has 1 rings (SSSR count). The Labute approximate surface area is 73.9 Å². The van der Waals surface area contributed by atoms with Gasteiger partial charge in [-0.15, -0.1) is 3.89 Å². The average molecular weight is 188 g/mol. The van der Waals surface area contributed by atoms with Gasteiger partial charge in [0.2, 0.25) is 0 Å². The van der Waals surface area contributed by atoms with Crippen LogP contribution >= 0.6 is 12.3 Å². The number of hydrogen-bond acceptors (Lipinski definition) is 5. The molecule has 0 spiro atoms. The Kier molecular flexibility index (Phi) is 2.61. The van der Waals surface area contributed by atoms with Gasteiger partial charge in [0.25, 0.3) is 0 Å². The van der Waals surface area contributed by atoms with Crippen molar-refractivity contribution in [3.63, 3.8) is 0 Å². The van der Waals surface area contributed by atoms with Crippen LogP contribution < -0.4 is 21.7 Å². The van der Waals surface area contributed by atoms with Gasteiger partial charge in [-0.05, 0) is 18.2 Å². The van der Waals surface area contributed by atoms with E-state index in [9.17, 15) is 3.89 Å². The largest absolute Gasteiger partial charge is 0.399 e. The molecule has 6 heteroatoms. The third-order valence-corrected chi connectivity index (χ3v) is 1.71. The monoisotopic (exact) mass is 188 g/mol. The molecule has 0 saturated carbocycles. The number of rotatable bonds is 2. The van der Waals surface area contributed by atoms with Gasteiger partial charge < -0.3 is 11.5 Å². The summed E-state index contributed by atoms with van der Waals surface area (Å²) in [5.74, 6) is 5.25. The molecule has 0 saturated heterocycles. The van der Waals surface area contributed by atoms with E-state index in [0.29, 0.717) is 17.1 Å². The number of hydrazine groups is 1. The van der Waals surface area contributed by atoms with Crippen LogP contribution in [0.2, 0.25) is 0 Å². The van der Waals surface area contributed by atoms with Crippen molar-refractivity contribution in [1.29, 1.82) is 0 Å². The first kappa shape index (κ1) is 8.95. The highest BCUT2D eigenvalue weighted by Gasteiger charge is 2.05. The fourth-order valence-electron chi connectivity index (χ4n) is 0.811. The van der Waals surface area contributed by atoms with Gasteiger partial charge in [0, 0.05) is 5.69 Å². The normalized spacial score (nSPS) is 9.83. The lowest BCUT2D eigenvalue weighted by Gasteiger charge is -2.13. The Morgan fingerprint density at radius 2 is 2.00 bits per heavy atom. The Balaban J connectivity index is 3.01. The number of halogens is 1.